The maximum absolute atomic E-state index is 11.2. The second kappa shape index (κ2) is 9.04. The lowest BCUT2D eigenvalue weighted by Crippen LogP contribution is -2.28. The van der Waals surface area contributed by atoms with Crippen LogP contribution in [0.5, 0.6) is 0 Å². The zero-order valence-corrected chi connectivity index (χ0v) is 11.3. The molecule has 3 unspecified atom stereocenters. The van der Waals surface area contributed by atoms with Crippen LogP contribution in [0.3, 0.4) is 0 Å². The smallest absolute Gasteiger partial charge is 0.335 e. The number of carbonyl (C=O) groups is 1. The predicted octanol–water partition coefficient (Wildman–Crippen LogP) is 1.19. The minimum Gasteiger partial charge on any atom is -0.433 e. The Bertz CT molecular complexity index is 265. The van der Waals surface area contributed by atoms with Gasteiger partial charge in [-0.3, -0.25) is 0 Å². The van der Waals surface area contributed by atoms with Gasteiger partial charge in [0.05, 0.1) is 13.2 Å². The molecule has 0 saturated heterocycles. The molecular formula is C12H22O6. The number of aliphatic hydroxyl groups is 1. The van der Waals surface area contributed by atoms with E-state index in [-0.39, 0.29) is 13.2 Å². The Kier molecular flexibility index (Phi) is 8.57. The molecule has 0 amide bonds. The molecule has 0 fully saturated rings. The summed E-state index contributed by atoms with van der Waals surface area (Å²) in [5.41, 5.74) is 0.304. The first-order valence-corrected chi connectivity index (χ1v) is 5.76. The van der Waals surface area contributed by atoms with E-state index in [2.05, 4.69) is 6.58 Å². The average Bonchev–Trinajstić information content (AvgIpc) is 2.25. The Hall–Kier alpha value is -0.950. The van der Waals surface area contributed by atoms with Crippen LogP contribution in [0.4, 0.5) is 0 Å². The van der Waals surface area contributed by atoms with Crippen LogP contribution in [0.15, 0.2) is 12.2 Å². The van der Waals surface area contributed by atoms with E-state index in [0.717, 1.165) is 0 Å². The molecule has 0 spiro atoms. The van der Waals surface area contributed by atoms with Gasteiger partial charge in [-0.2, -0.15) is 0 Å². The number of rotatable bonds is 9. The van der Waals surface area contributed by atoms with Gasteiger partial charge < -0.3 is 24.1 Å². The third-order valence-electron chi connectivity index (χ3n) is 1.83. The van der Waals surface area contributed by atoms with Gasteiger partial charge >= 0.3 is 5.97 Å². The first kappa shape index (κ1) is 17.1. The van der Waals surface area contributed by atoms with Gasteiger partial charge in [0.25, 0.3) is 0 Å². The fraction of sp³-hybridized carbons (Fsp3) is 0.750. The van der Waals surface area contributed by atoms with Gasteiger partial charge in [0.1, 0.15) is 0 Å². The van der Waals surface area contributed by atoms with Gasteiger partial charge in [-0.25, -0.2) is 4.79 Å². The topological polar surface area (TPSA) is 74.2 Å². The summed E-state index contributed by atoms with van der Waals surface area (Å²) in [6.07, 6.45) is -1.86. The summed E-state index contributed by atoms with van der Waals surface area (Å²) in [6.45, 7) is 10.1. The largest absolute Gasteiger partial charge is 0.433 e. The van der Waals surface area contributed by atoms with E-state index in [1.165, 1.54) is 0 Å². The average molecular weight is 262 g/mol. The molecule has 0 aromatic carbocycles. The van der Waals surface area contributed by atoms with Gasteiger partial charge in [-0.15, -0.1) is 0 Å². The van der Waals surface area contributed by atoms with Crippen molar-refractivity contribution in [2.75, 3.05) is 13.2 Å². The van der Waals surface area contributed by atoms with Crippen LogP contribution in [0.2, 0.25) is 0 Å². The lowest BCUT2D eigenvalue weighted by atomic mass is 10.4. The van der Waals surface area contributed by atoms with E-state index in [4.69, 9.17) is 24.1 Å². The minimum absolute atomic E-state index is 0.0738. The number of aliphatic hydroxyl groups excluding tert-OH is 1. The normalized spacial score (nSPS) is 15.8. The first-order chi connectivity index (χ1) is 8.36. The van der Waals surface area contributed by atoms with Crippen LogP contribution >= 0.6 is 0 Å². The molecule has 18 heavy (non-hydrogen) atoms. The lowest BCUT2D eigenvalue weighted by molar-refractivity contribution is -0.274. The Balaban J connectivity index is 3.89. The SMILES string of the molecule is C=C(C)C(=O)OC(C)OC(C)OC(C)OCCO. The van der Waals surface area contributed by atoms with Crippen molar-refractivity contribution in [3.8, 4) is 0 Å². The molecular weight excluding hydrogens is 240 g/mol. The van der Waals surface area contributed by atoms with E-state index >= 15 is 0 Å². The molecule has 6 nitrogen and oxygen atoms in total. The van der Waals surface area contributed by atoms with Gasteiger partial charge in [-0.1, -0.05) is 6.58 Å². The van der Waals surface area contributed by atoms with Crippen molar-refractivity contribution in [1.82, 2.24) is 0 Å². The molecule has 0 aromatic rings. The monoisotopic (exact) mass is 262 g/mol. The molecule has 0 aliphatic rings. The van der Waals surface area contributed by atoms with Crippen LogP contribution < -0.4 is 0 Å². The zero-order chi connectivity index (χ0) is 14.1. The van der Waals surface area contributed by atoms with Crippen LogP contribution in [0, 0.1) is 0 Å². The second-order valence-corrected chi connectivity index (χ2v) is 3.76. The molecule has 1 N–H and O–H groups in total. The minimum atomic E-state index is -0.741. The molecule has 3 atom stereocenters. The molecule has 0 aromatic heterocycles. The maximum Gasteiger partial charge on any atom is 0.335 e. The maximum atomic E-state index is 11.2. The summed E-state index contributed by atoms with van der Waals surface area (Å²) in [5, 5.41) is 8.57. The highest BCUT2D eigenvalue weighted by atomic mass is 16.8. The molecule has 0 aliphatic carbocycles. The van der Waals surface area contributed by atoms with Crippen LogP contribution in [-0.2, 0) is 23.7 Å². The van der Waals surface area contributed by atoms with Crippen molar-refractivity contribution >= 4 is 5.97 Å². The van der Waals surface area contributed by atoms with Gasteiger partial charge in [0, 0.05) is 5.57 Å². The molecule has 0 radical (unpaired) electrons. The summed E-state index contributed by atoms with van der Waals surface area (Å²) in [6, 6.07) is 0. The van der Waals surface area contributed by atoms with Crippen LogP contribution in [0.25, 0.3) is 0 Å². The molecule has 0 saturated carbocycles. The van der Waals surface area contributed by atoms with E-state index < -0.39 is 24.8 Å². The predicted molar refractivity (Wildman–Crippen MR) is 64.5 cm³/mol. The summed E-state index contributed by atoms with van der Waals surface area (Å²) in [7, 11) is 0. The Labute approximate surface area is 107 Å². The van der Waals surface area contributed by atoms with Gasteiger partial charge in [-0.05, 0) is 27.7 Å². The summed E-state index contributed by atoms with van der Waals surface area (Å²) in [5.74, 6) is -0.515. The quantitative estimate of drug-likeness (QED) is 0.382. The number of ether oxygens (including phenoxy) is 4. The molecule has 106 valence electrons. The molecule has 0 aliphatic heterocycles. The zero-order valence-electron chi connectivity index (χ0n) is 11.3. The van der Waals surface area contributed by atoms with E-state index in [0.29, 0.717) is 5.57 Å². The first-order valence-electron chi connectivity index (χ1n) is 5.76. The van der Waals surface area contributed by atoms with Gasteiger partial charge in [0.2, 0.25) is 6.29 Å². The van der Waals surface area contributed by atoms with Crippen molar-refractivity contribution in [3.63, 3.8) is 0 Å². The van der Waals surface area contributed by atoms with E-state index in [1.807, 2.05) is 0 Å². The van der Waals surface area contributed by atoms with Crippen molar-refractivity contribution in [1.29, 1.82) is 0 Å². The lowest BCUT2D eigenvalue weighted by Gasteiger charge is -2.22. The van der Waals surface area contributed by atoms with Crippen LogP contribution in [-0.4, -0.2) is 43.2 Å². The highest BCUT2D eigenvalue weighted by molar-refractivity contribution is 5.86. The third-order valence-corrected chi connectivity index (χ3v) is 1.83. The van der Waals surface area contributed by atoms with Crippen molar-refractivity contribution in [2.45, 2.75) is 46.6 Å². The second-order valence-electron chi connectivity index (χ2n) is 3.76. The number of hydrogen-bond donors (Lipinski definition) is 1. The molecule has 0 bridgehead atoms. The Morgan fingerprint density at radius 3 is 2.22 bits per heavy atom. The fourth-order valence-electron chi connectivity index (χ4n) is 1.11. The number of esters is 1. The summed E-state index contributed by atoms with van der Waals surface area (Å²) in [4.78, 5) is 11.2. The molecule has 0 heterocycles. The van der Waals surface area contributed by atoms with Crippen molar-refractivity contribution in [2.24, 2.45) is 0 Å². The number of hydrogen-bond acceptors (Lipinski definition) is 6. The number of carbonyl (C=O) groups excluding carboxylic acids is 1. The van der Waals surface area contributed by atoms with E-state index in [1.54, 1.807) is 27.7 Å². The Morgan fingerprint density at radius 2 is 1.72 bits per heavy atom. The Morgan fingerprint density at radius 1 is 1.17 bits per heavy atom. The highest BCUT2D eigenvalue weighted by Gasteiger charge is 2.16. The van der Waals surface area contributed by atoms with Crippen LogP contribution in [0.1, 0.15) is 27.7 Å². The fourth-order valence-corrected chi connectivity index (χ4v) is 1.11. The highest BCUT2D eigenvalue weighted by Crippen LogP contribution is 2.07. The summed E-state index contributed by atoms with van der Waals surface area (Å²) >= 11 is 0. The summed E-state index contributed by atoms with van der Waals surface area (Å²) < 4.78 is 20.6. The van der Waals surface area contributed by atoms with E-state index in [9.17, 15) is 4.79 Å². The van der Waals surface area contributed by atoms with Crippen molar-refractivity contribution in [3.05, 3.63) is 12.2 Å². The molecule has 6 heteroatoms. The van der Waals surface area contributed by atoms with Crippen molar-refractivity contribution < 1.29 is 28.8 Å². The third kappa shape index (κ3) is 8.19. The standard InChI is InChI=1S/C12H22O6/c1-8(2)12(14)18-11(5)17-10(4)16-9(3)15-7-6-13/h9-11,13H,1,6-7H2,2-5H3. The molecule has 0 rings (SSSR count). The van der Waals surface area contributed by atoms with Gasteiger partial charge in [0.15, 0.2) is 12.6 Å².